The van der Waals surface area contributed by atoms with Gasteiger partial charge in [-0.3, -0.25) is 10.00 Å². The quantitative estimate of drug-likeness (QED) is 0.796. The maximum atomic E-state index is 11.3. The van der Waals surface area contributed by atoms with E-state index in [2.05, 4.69) is 10.4 Å². The normalized spacial score (nSPS) is 11.6. The van der Waals surface area contributed by atoms with Crippen molar-refractivity contribution in [3.05, 3.63) is 6.20 Å². The maximum Gasteiger partial charge on any atom is 0.413 e. The van der Waals surface area contributed by atoms with Crippen molar-refractivity contribution in [1.29, 1.82) is 0 Å². The summed E-state index contributed by atoms with van der Waals surface area (Å²) in [7, 11) is -2.43. The molecule has 0 fully saturated rings. The first-order valence-electron chi connectivity index (χ1n) is 4.74. The minimum absolute atomic E-state index is 0.152. The summed E-state index contributed by atoms with van der Waals surface area (Å²) in [6.07, 6.45) is 0.0839. The van der Waals surface area contributed by atoms with Crippen molar-refractivity contribution in [1.82, 2.24) is 9.78 Å². The van der Waals surface area contributed by atoms with Crippen LogP contribution in [0.2, 0.25) is 0 Å². The van der Waals surface area contributed by atoms with Crippen LogP contribution in [0.15, 0.2) is 11.1 Å². The highest BCUT2D eigenvalue weighted by atomic mass is 32.2. The average molecular weight is 262 g/mol. The number of nitrogens with one attached hydrogen (secondary N) is 1. The number of carbonyl (C=O) groups is 1. The summed E-state index contributed by atoms with van der Waals surface area (Å²) in [4.78, 5) is 11.0. The van der Waals surface area contributed by atoms with Crippen LogP contribution in [0.4, 0.5) is 10.6 Å². The van der Waals surface area contributed by atoms with Gasteiger partial charge in [-0.05, 0) is 13.8 Å². The van der Waals surface area contributed by atoms with E-state index in [1.807, 2.05) is 0 Å². The van der Waals surface area contributed by atoms with Crippen LogP contribution < -0.4 is 10.5 Å². The third kappa shape index (κ3) is 3.71. The van der Waals surface area contributed by atoms with Crippen molar-refractivity contribution in [3.8, 4) is 0 Å². The molecule has 0 aromatic carbocycles. The second kappa shape index (κ2) is 4.72. The molecule has 0 aliphatic heterocycles. The van der Waals surface area contributed by atoms with Crippen molar-refractivity contribution < 1.29 is 17.9 Å². The summed E-state index contributed by atoms with van der Waals surface area (Å²) in [5, 5.41) is 11.0. The molecule has 0 aliphatic carbocycles. The van der Waals surface area contributed by atoms with Gasteiger partial charge in [-0.1, -0.05) is 0 Å². The lowest BCUT2D eigenvalue weighted by molar-refractivity contribution is 0.130. The van der Waals surface area contributed by atoms with E-state index in [0.29, 0.717) is 0 Å². The van der Waals surface area contributed by atoms with E-state index >= 15 is 0 Å². The second-order valence-corrected chi connectivity index (χ2v) is 5.17. The fourth-order valence-electron chi connectivity index (χ4n) is 1.10. The van der Waals surface area contributed by atoms with Gasteiger partial charge in [0.1, 0.15) is 4.90 Å². The number of carbonyl (C=O) groups excluding carboxylic acids is 1. The standard InChI is InChI=1S/C8H14N4O4S/c1-5(2)16-8(13)10-7-6(17(9,14)15)4-12(3)11-7/h4-5H,1-3H3,(H2,9,14,15)(H,10,11,13). The smallest absolute Gasteiger partial charge is 0.413 e. The van der Waals surface area contributed by atoms with Gasteiger partial charge in [0.2, 0.25) is 10.0 Å². The Labute approximate surface area is 98.8 Å². The molecule has 9 heteroatoms. The number of sulfonamides is 1. The Morgan fingerprint density at radius 3 is 2.65 bits per heavy atom. The minimum Gasteiger partial charge on any atom is -0.447 e. The summed E-state index contributed by atoms with van der Waals surface area (Å²) >= 11 is 0. The first kappa shape index (κ1) is 13.5. The van der Waals surface area contributed by atoms with Gasteiger partial charge in [0.15, 0.2) is 5.82 Å². The van der Waals surface area contributed by atoms with Gasteiger partial charge in [0, 0.05) is 13.2 Å². The zero-order valence-corrected chi connectivity index (χ0v) is 10.5. The van der Waals surface area contributed by atoms with Gasteiger partial charge in [-0.2, -0.15) is 5.10 Å². The van der Waals surface area contributed by atoms with Crippen LogP contribution in [0.25, 0.3) is 0 Å². The number of hydrogen-bond donors (Lipinski definition) is 2. The molecule has 0 saturated heterocycles. The summed E-state index contributed by atoms with van der Waals surface area (Å²) < 4.78 is 28.4. The van der Waals surface area contributed by atoms with E-state index in [-0.39, 0.29) is 16.8 Å². The lowest BCUT2D eigenvalue weighted by Gasteiger charge is -2.08. The number of primary sulfonamides is 1. The Morgan fingerprint density at radius 1 is 1.59 bits per heavy atom. The van der Waals surface area contributed by atoms with E-state index in [9.17, 15) is 13.2 Å². The molecule has 1 amide bonds. The number of nitrogens with two attached hydrogens (primary N) is 1. The first-order valence-corrected chi connectivity index (χ1v) is 6.29. The highest BCUT2D eigenvalue weighted by Crippen LogP contribution is 2.17. The predicted octanol–water partition coefficient (Wildman–Crippen LogP) is 0.0244. The zero-order chi connectivity index (χ0) is 13.2. The Bertz CT molecular complexity index is 520. The summed E-state index contributed by atoms with van der Waals surface area (Å²) in [6.45, 7) is 3.33. The highest BCUT2D eigenvalue weighted by molar-refractivity contribution is 7.89. The molecule has 0 radical (unpaired) electrons. The van der Waals surface area contributed by atoms with Gasteiger partial charge < -0.3 is 4.74 Å². The van der Waals surface area contributed by atoms with E-state index in [1.165, 1.54) is 17.9 Å². The lowest BCUT2D eigenvalue weighted by Crippen LogP contribution is -2.20. The Hall–Kier alpha value is -1.61. The van der Waals surface area contributed by atoms with Crippen LogP contribution in [0.3, 0.4) is 0 Å². The van der Waals surface area contributed by atoms with Gasteiger partial charge in [0.05, 0.1) is 6.10 Å². The molecule has 0 saturated carbocycles. The van der Waals surface area contributed by atoms with Crippen LogP contribution in [-0.4, -0.2) is 30.4 Å². The fourth-order valence-corrected chi connectivity index (χ4v) is 1.76. The van der Waals surface area contributed by atoms with Crippen LogP contribution in [0.5, 0.6) is 0 Å². The number of rotatable bonds is 3. The summed E-state index contributed by atoms with van der Waals surface area (Å²) in [6, 6.07) is 0. The third-order valence-corrected chi connectivity index (χ3v) is 2.58. The van der Waals surface area contributed by atoms with Crippen LogP contribution >= 0.6 is 0 Å². The monoisotopic (exact) mass is 262 g/mol. The number of hydrogen-bond acceptors (Lipinski definition) is 5. The van der Waals surface area contributed by atoms with Gasteiger partial charge in [-0.25, -0.2) is 18.4 Å². The molecule has 0 unspecified atom stereocenters. The molecule has 96 valence electrons. The topological polar surface area (TPSA) is 116 Å². The van der Waals surface area contributed by atoms with Crippen molar-refractivity contribution in [2.75, 3.05) is 5.32 Å². The molecule has 0 aliphatic rings. The first-order chi connectivity index (χ1) is 7.70. The average Bonchev–Trinajstić information content (AvgIpc) is 2.43. The molecule has 1 heterocycles. The molecule has 1 rings (SSSR count). The van der Waals surface area contributed by atoms with E-state index < -0.39 is 16.1 Å². The number of aromatic nitrogens is 2. The second-order valence-electron chi connectivity index (χ2n) is 3.64. The van der Waals surface area contributed by atoms with Crippen molar-refractivity contribution in [3.63, 3.8) is 0 Å². The molecule has 17 heavy (non-hydrogen) atoms. The Kier molecular flexibility index (Phi) is 3.73. The number of ether oxygens (including phenoxy) is 1. The SMILES string of the molecule is CC(C)OC(=O)Nc1nn(C)cc1S(N)(=O)=O. The molecular weight excluding hydrogens is 248 g/mol. The third-order valence-electron chi connectivity index (χ3n) is 1.66. The molecular formula is C8H14N4O4S. The fraction of sp³-hybridized carbons (Fsp3) is 0.500. The molecule has 1 aromatic rings. The number of anilines is 1. The minimum atomic E-state index is -3.94. The van der Waals surface area contributed by atoms with Crippen molar-refractivity contribution >= 4 is 21.9 Å². The lowest BCUT2D eigenvalue weighted by atomic mass is 10.5. The molecule has 0 atom stereocenters. The molecule has 1 aromatic heterocycles. The van der Waals surface area contributed by atoms with Crippen LogP contribution in [-0.2, 0) is 21.8 Å². The largest absolute Gasteiger partial charge is 0.447 e. The molecule has 0 spiro atoms. The predicted molar refractivity (Wildman–Crippen MR) is 59.8 cm³/mol. The Morgan fingerprint density at radius 2 is 2.18 bits per heavy atom. The maximum absolute atomic E-state index is 11.3. The molecule has 8 nitrogen and oxygen atoms in total. The van der Waals surface area contributed by atoms with Gasteiger partial charge in [-0.15, -0.1) is 0 Å². The van der Waals surface area contributed by atoms with E-state index in [1.54, 1.807) is 13.8 Å². The number of amides is 1. The van der Waals surface area contributed by atoms with Gasteiger partial charge in [0.25, 0.3) is 0 Å². The number of aryl methyl sites for hydroxylation is 1. The van der Waals surface area contributed by atoms with Crippen LogP contribution in [0, 0.1) is 0 Å². The Balaban J connectivity index is 2.96. The molecule has 0 bridgehead atoms. The van der Waals surface area contributed by atoms with Crippen LogP contribution in [0.1, 0.15) is 13.8 Å². The number of nitrogens with zero attached hydrogens (tertiary/aromatic N) is 2. The molecule has 3 N–H and O–H groups in total. The summed E-state index contributed by atoms with van der Waals surface area (Å²) in [5.74, 6) is -0.152. The van der Waals surface area contributed by atoms with Gasteiger partial charge >= 0.3 is 6.09 Å². The zero-order valence-electron chi connectivity index (χ0n) is 9.67. The van der Waals surface area contributed by atoms with E-state index in [0.717, 1.165) is 0 Å². The van der Waals surface area contributed by atoms with Crippen molar-refractivity contribution in [2.45, 2.75) is 24.8 Å². The highest BCUT2D eigenvalue weighted by Gasteiger charge is 2.20. The van der Waals surface area contributed by atoms with Crippen molar-refractivity contribution in [2.24, 2.45) is 12.2 Å². The van der Waals surface area contributed by atoms with E-state index in [4.69, 9.17) is 9.88 Å². The summed E-state index contributed by atoms with van der Waals surface area (Å²) in [5.41, 5.74) is 0.